The van der Waals surface area contributed by atoms with Crippen molar-refractivity contribution < 1.29 is 12.8 Å². The van der Waals surface area contributed by atoms with E-state index in [4.69, 9.17) is 11.6 Å². The van der Waals surface area contributed by atoms with E-state index in [0.29, 0.717) is 5.02 Å². The van der Waals surface area contributed by atoms with Gasteiger partial charge in [-0.3, -0.25) is 4.72 Å². The van der Waals surface area contributed by atoms with Gasteiger partial charge in [-0.15, -0.1) is 0 Å². The minimum Gasteiger partial charge on any atom is -0.263 e. The van der Waals surface area contributed by atoms with Crippen molar-refractivity contribution in [2.24, 2.45) is 0 Å². The number of hydrogen-bond donors (Lipinski definition) is 1. The van der Waals surface area contributed by atoms with Gasteiger partial charge in [0.05, 0.1) is 5.02 Å². The smallest absolute Gasteiger partial charge is 0.263 e. The summed E-state index contributed by atoms with van der Waals surface area (Å²) in [7, 11) is -3.99. The number of nitrogens with one attached hydrogen (secondary N) is 1. The van der Waals surface area contributed by atoms with E-state index < -0.39 is 20.7 Å². The molecule has 0 fully saturated rings. The third-order valence-corrected chi connectivity index (χ3v) is 3.70. The molecule has 0 unspecified atom stereocenters. The molecule has 0 amide bonds. The maximum atomic E-state index is 13.4. The molecule has 0 spiro atoms. The fourth-order valence-electron chi connectivity index (χ4n) is 1.29. The van der Waals surface area contributed by atoms with Crippen LogP contribution in [-0.4, -0.2) is 13.4 Å². The topological polar surface area (TPSA) is 59.1 Å². The fourth-order valence-corrected chi connectivity index (χ4v) is 2.49. The van der Waals surface area contributed by atoms with E-state index in [2.05, 4.69) is 9.71 Å². The molecule has 0 aliphatic heterocycles. The first-order valence-corrected chi connectivity index (χ1v) is 6.74. The molecule has 0 aliphatic rings. The molecule has 2 rings (SSSR count). The Kier molecular flexibility index (Phi) is 3.49. The molecule has 2 aromatic rings. The largest absolute Gasteiger partial charge is 0.265 e. The van der Waals surface area contributed by atoms with Gasteiger partial charge in [0.15, 0.2) is 0 Å². The molecule has 1 heterocycles. The Balaban J connectivity index is 2.33. The number of halogens is 2. The molecule has 1 aromatic heterocycles. The average molecular weight is 287 g/mol. The molecule has 1 aromatic carbocycles. The van der Waals surface area contributed by atoms with E-state index in [1.54, 1.807) is 0 Å². The highest BCUT2D eigenvalue weighted by molar-refractivity contribution is 7.92. The lowest BCUT2D eigenvalue weighted by molar-refractivity contribution is 0.570. The van der Waals surface area contributed by atoms with Crippen LogP contribution in [0.5, 0.6) is 0 Å². The predicted octanol–water partition coefficient (Wildman–Crippen LogP) is 2.67. The maximum absolute atomic E-state index is 13.4. The Bertz CT molecular complexity index is 659. The number of nitrogens with zero attached hydrogens (tertiary/aromatic N) is 1. The van der Waals surface area contributed by atoms with E-state index in [1.807, 2.05) is 0 Å². The standard InChI is InChI=1S/C11H8ClFN2O2S/c12-8-5-6-11(14-7-8)15-18(16,17)10-4-2-1-3-9(10)13/h1-7H,(H,14,15). The Morgan fingerprint density at radius 2 is 1.89 bits per heavy atom. The van der Waals surface area contributed by atoms with Crippen LogP contribution >= 0.6 is 11.6 Å². The normalized spacial score (nSPS) is 11.2. The zero-order chi connectivity index (χ0) is 13.2. The highest BCUT2D eigenvalue weighted by Crippen LogP contribution is 2.18. The van der Waals surface area contributed by atoms with Gasteiger partial charge in [-0.2, -0.15) is 0 Å². The molecule has 7 heteroatoms. The molecule has 4 nitrogen and oxygen atoms in total. The summed E-state index contributed by atoms with van der Waals surface area (Å²) in [5, 5.41) is 0.379. The lowest BCUT2D eigenvalue weighted by Gasteiger charge is -2.07. The molecular formula is C11H8ClFN2O2S. The second kappa shape index (κ2) is 4.91. The van der Waals surface area contributed by atoms with Crippen molar-refractivity contribution in [1.29, 1.82) is 0 Å². The quantitative estimate of drug-likeness (QED) is 0.944. The van der Waals surface area contributed by atoms with Crippen molar-refractivity contribution >= 4 is 27.4 Å². The van der Waals surface area contributed by atoms with Crippen LogP contribution in [0.2, 0.25) is 5.02 Å². The van der Waals surface area contributed by atoms with Crippen molar-refractivity contribution in [3.05, 3.63) is 53.4 Å². The summed E-state index contributed by atoms with van der Waals surface area (Å²) in [5.74, 6) is -0.749. The van der Waals surface area contributed by atoms with Crippen LogP contribution in [0, 0.1) is 5.82 Å². The second-order valence-electron chi connectivity index (χ2n) is 3.40. The summed E-state index contributed by atoms with van der Waals surface area (Å²) in [5.41, 5.74) is 0. The second-order valence-corrected chi connectivity index (χ2v) is 5.48. The molecule has 0 saturated carbocycles. The predicted molar refractivity (Wildman–Crippen MR) is 66.5 cm³/mol. The van der Waals surface area contributed by atoms with Gasteiger partial charge in [0.1, 0.15) is 16.5 Å². The van der Waals surface area contributed by atoms with E-state index >= 15 is 0 Å². The number of aromatic nitrogens is 1. The zero-order valence-corrected chi connectivity index (χ0v) is 10.5. The van der Waals surface area contributed by atoms with Gasteiger partial charge in [-0.05, 0) is 24.3 Å². The highest BCUT2D eigenvalue weighted by atomic mass is 35.5. The SMILES string of the molecule is O=S(=O)(Nc1ccc(Cl)cn1)c1ccccc1F. The zero-order valence-electron chi connectivity index (χ0n) is 8.97. The molecule has 94 valence electrons. The van der Waals surface area contributed by atoms with Crippen molar-refractivity contribution in [1.82, 2.24) is 4.98 Å². The molecule has 18 heavy (non-hydrogen) atoms. The van der Waals surface area contributed by atoms with Crippen LogP contribution in [-0.2, 0) is 10.0 Å². The monoisotopic (exact) mass is 286 g/mol. The first-order valence-electron chi connectivity index (χ1n) is 4.88. The number of pyridine rings is 1. The van der Waals surface area contributed by atoms with Crippen LogP contribution in [0.15, 0.2) is 47.5 Å². The van der Waals surface area contributed by atoms with Gasteiger partial charge in [-0.1, -0.05) is 23.7 Å². The maximum Gasteiger partial charge on any atom is 0.265 e. The van der Waals surface area contributed by atoms with Gasteiger partial charge in [-0.25, -0.2) is 17.8 Å². The number of sulfonamides is 1. The summed E-state index contributed by atoms with van der Waals surface area (Å²) in [6.45, 7) is 0. The molecular weight excluding hydrogens is 279 g/mol. The molecule has 0 bridgehead atoms. The first-order chi connectivity index (χ1) is 8.49. The van der Waals surface area contributed by atoms with Gasteiger partial charge in [0.2, 0.25) is 0 Å². The lowest BCUT2D eigenvalue weighted by atomic mass is 10.4. The first kappa shape index (κ1) is 12.8. The summed E-state index contributed by atoms with van der Waals surface area (Å²) in [6, 6.07) is 7.97. The summed E-state index contributed by atoms with van der Waals surface area (Å²) in [6.07, 6.45) is 1.29. The van der Waals surface area contributed by atoms with Crippen molar-refractivity contribution in [3.63, 3.8) is 0 Å². The Labute approximate surface area is 108 Å². The van der Waals surface area contributed by atoms with Crippen LogP contribution in [0.1, 0.15) is 0 Å². The number of rotatable bonds is 3. The number of hydrogen-bond acceptors (Lipinski definition) is 3. The summed E-state index contributed by atoms with van der Waals surface area (Å²) in [4.78, 5) is 3.35. The Morgan fingerprint density at radius 3 is 2.50 bits per heavy atom. The highest BCUT2D eigenvalue weighted by Gasteiger charge is 2.18. The van der Waals surface area contributed by atoms with Crippen molar-refractivity contribution in [2.45, 2.75) is 4.90 Å². The molecule has 0 saturated heterocycles. The van der Waals surface area contributed by atoms with Crippen LogP contribution in [0.4, 0.5) is 10.2 Å². The Hall–Kier alpha value is -1.66. The molecule has 0 atom stereocenters. The van der Waals surface area contributed by atoms with E-state index in [1.165, 1.54) is 36.5 Å². The van der Waals surface area contributed by atoms with Crippen LogP contribution in [0.25, 0.3) is 0 Å². The third kappa shape index (κ3) is 2.77. The third-order valence-electron chi connectivity index (χ3n) is 2.09. The van der Waals surface area contributed by atoms with E-state index in [9.17, 15) is 12.8 Å². The van der Waals surface area contributed by atoms with Gasteiger partial charge >= 0.3 is 0 Å². The van der Waals surface area contributed by atoms with E-state index in [-0.39, 0.29) is 5.82 Å². The number of anilines is 1. The minimum atomic E-state index is -3.99. The molecule has 1 N–H and O–H groups in total. The van der Waals surface area contributed by atoms with Crippen molar-refractivity contribution in [2.75, 3.05) is 4.72 Å². The average Bonchev–Trinajstić information content (AvgIpc) is 2.32. The number of benzene rings is 1. The molecule has 0 aliphatic carbocycles. The van der Waals surface area contributed by atoms with Crippen molar-refractivity contribution in [3.8, 4) is 0 Å². The Morgan fingerprint density at radius 1 is 1.17 bits per heavy atom. The van der Waals surface area contributed by atoms with Gasteiger partial charge in [0, 0.05) is 6.20 Å². The van der Waals surface area contributed by atoms with E-state index in [0.717, 1.165) is 6.07 Å². The lowest BCUT2D eigenvalue weighted by Crippen LogP contribution is -2.15. The minimum absolute atomic E-state index is 0.0719. The van der Waals surface area contributed by atoms with Gasteiger partial charge < -0.3 is 0 Å². The van der Waals surface area contributed by atoms with Gasteiger partial charge in [0.25, 0.3) is 10.0 Å². The summed E-state index contributed by atoms with van der Waals surface area (Å²) >= 11 is 5.63. The van der Waals surface area contributed by atoms with Crippen LogP contribution in [0.3, 0.4) is 0 Å². The summed E-state index contributed by atoms with van der Waals surface area (Å²) < 4.78 is 39.3. The molecule has 0 radical (unpaired) electrons. The van der Waals surface area contributed by atoms with Crippen LogP contribution < -0.4 is 4.72 Å². The fraction of sp³-hybridized carbons (Fsp3) is 0.